The van der Waals surface area contributed by atoms with E-state index in [2.05, 4.69) is 17.3 Å². The highest BCUT2D eigenvalue weighted by molar-refractivity contribution is 4.97. The summed E-state index contributed by atoms with van der Waals surface area (Å²) in [5.74, 6) is 0. The van der Waals surface area contributed by atoms with Gasteiger partial charge in [0.05, 0.1) is 6.10 Å². The van der Waals surface area contributed by atoms with Crippen molar-refractivity contribution in [1.82, 2.24) is 10.2 Å². The summed E-state index contributed by atoms with van der Waals surface area (Å²) in [6.45, 7) is 0. The molecule has 2 heterocycles. The highest BCUT2D eigenvalue weighted by Gasteiger charge is 2.38. The summed E-state index contributed by atoms with van der Waals surface area (Å²) in [6.07, 6.45) is 9.80. The van der Waals surface area contributed by atoms with E-state index in [9.17, 15) is 5.11 Å². The lowest BCUT2D eigenvalue weighted by Crippen LogP contribution is -2.50. The Bertz CT molecular complexity index is 249. The van der Waals surface area contributed by atoms with Crippen molar-refractivity contribution in [3.8, 4) is 0 Å². The van der Waals surface area contributed by atoms with E-state index < -0.39 is 0 Å². The van der Waals surface area contributed by atoms with E-state index in [0.29, 0.717) is 6.04 Å². The second-order valence-electron chi connectivity index (χ2n) is 6.39. The maximum absolute atomic E-state index is 9.53. The molecule has 0 aromatic carbocycles. The first-order valence-electron chi connectivity index (χ1n) is 7.38. The van der Waals surface area contributed by atoms with E-state index in [1.54, 1.807) is 0 Å². The molecule has 3 fully saturated rings. The fourth-order valence-corrected chi connectivity index (χ4v) is 4.12. The Kier molecular flexibility index (Phi) is 3.42. The van der Waals surface area contributed by atoms with Crippen molar-refractivity contribution in [2.75, 3.05) is 7.05 Å². The summed E-state index contributed by atoms with van der Waals surface area (Å²) < 4.78 is 0. The van der Waals surface area contributed by atoms with Gasteiger partial charge in [0.1, 0.15) is 0 Å². The molecule has 0 spiro atoms. The molecule has 3 nitrogen and oxygen atoms in total. The van der Waals surface area contributed by atoms with Crippen LogP contribution in [0.15, 0.2) is 0 Å². The number of nitrogens with zero attached hydrogens (tertiary/aromatic N) is 1. The van der Waals surface area contributed by atoms with Crippen LogP contribution in [0.3, 0.4) is 0 Å². The van der Waals surface area contributed by atoms with E-state index in [1.807, 2.05) is 0 Å². The normalized spacial score (nSPS) is 47.3. The molecule has 2 aliphatic heterocycles. The highest BCUT2D eigenvalue weighted by atomic mass is 16.3. The maximum atomic E-state index is 9.53. The third kappa shape index (κ3) is 2.51. The number of hydrogen-bond donors (Lipinski definition) is 2. The second-order valence-corrected chi connectivity index (χ2v) is 6.39. The topological polar surface area (TPSA) is 35.5 Å². The van der Waals surface area contributed by atoms with Crippen LogP contribution in [0, 0.1) is 0 Å². The molecule has 98 valence electrons. The van der Waals surface area contributed by atoms with Crippen molar-refractivity contribution in [3.63, 3.8) is 0 Å². The first-order valence-corrected chi connectivity index (χ1v) is 7.38. The third-order valence-electron chi connectivity index (χ3n) is 5.27. The molecule has 0 radical (unpaired) electrons. The van der Waals surface area contributed by atoms with Crippen LogP contribution in [0.2, 0.25) is 0 Å². The third-order valence-corrected chi connectivity index (χ3v) is 5.27. The standard InChI is InChI=1S/C14H26N2O/c1-16-12-4-5-13(16)9-11(8-12)15-10-2-6-14(17)7-3-10/h10-15,17H,2-9H2,1H3. The number of hydrogen-bond acceptors (Lipinski definition) is 3. The molecule has 0 amide bonds. The molecule has 2 unspecified atom stereocenters. The first kappa shape index (κ1) is 11.9. The Morgan fingerprint density at radius 1 is 0.882 bits per heavy atom. The first-order chi connectivity index (χ1) is 8.22. The Balaban J connectivity index is 1.50. The SMILES string of the molecule is CN1C2CCC1CC(NC1CCC(O)CC1)C2. The zero-order valence-corrected chi connectivity index (χ0v) is 10.9. The quantitative estimate of drug-likeness (QED) is 0.765. The van der Waals surface area contributed by atoms with E-state index in [-0.39, 0.29) is 6.10 Å². The summed E-state index contributed by atoms with van der Waals surface area (Å²) >= 11 is 0. The Morgan fingerprint density at radius 3 is 2.06 bits per heavy atom. The summed E-state index contributed by atoms with van der Waals surface area (Å²) in [5, 5.41) is 13.4. The van der Waals surface area contributed by atoms with Crippen molar-refractivity contribution in [3.05, 3.63) is 0 Å². The molecule has 0 aromatic heterocycles. The molecule has 0 aromatic rings. The molecule has 1 aliphatic carbocycles. The number of nitrogens with one attached hydrogen (secondary N) is 1. The van der Waals surface area contributed by atoms with Crippen LogP contribution in [-0.4, -0.2) is 47.3 Å². The van der Waals surface area contributed by atoms with Crippen LogP contribution in [0.25, 0.3) is 0 Å². The van der Waals surface area contributed by atoms with E-state index in [4.69, 9.17) is 0 Å². The van der Waals surface area contributed by atoms with Gasteiger partial charge in [-0.25, -0.2) is 0 Å². The molecule has 2 atom stereocenters. The van der Waals surface area contributed by atoms with Crippen molar-refractivity contribution in [2.45, 2.75) is 81.6 Å². The van der Waals surface area contributed by atoms with Crippen molar-refractivity contribution in [2.24, 2.45) is 0 Å². The van der Waals surface area contributed by atoms with Gasteiger partial charge in [-0.15, -0.1) is 0 Å². The van der Waals surface area contributed by atoms with Gasteiger partial charge in [-0.3, -0.25) is 0 Å². The van der Waals surface area contributed by atoms with Crippen LogP contribution in [-0.2, 0) is 0 Å². The van der Waals surface area contributed by atoms with Gasteiger partial charge in [-0.2, -0.15) is 0 Å². The fourth-order valence-electron chi connectivity index (χ4n) is 4.12. The molecule has 2 N–H and O–H groups in total. The Labute approximate surface area is 105 Å². The van der Waals surface area contributed by atoms with Gasteiger partial charge < -0.3 is 15.3 Å². The lowest BCUT2D eigenvalue weighted by molar-refractivity contribution is 0.101. The summed E-state index contributed by atoms with van der Waals surface area (Å²) in [5.41, 5.74) is 0. The van der Waals surface area contributed by atoms with Crippen LogP contribution in [0.5, 0.6) is 0 Å². The molecule has 3 rings (SSSR count). The number of aliphatic hydroxyl groups excluding tert-OH is 1. The molecule has 2 bridgehead atoms. The zero-order chi connectivity index (χ0) is 11.8. The molecular formula is C14H26N2O. The number of piperidine rings is 1. The molecule has 3 heteroatoms. The zero-order valence-electron chi connectivity index (χ0n) is 10.9. The van der Waals surface area contributed by atoms with Crippen molar-refractivity contribution < 1.29 is 5.11 Å². The smallest absolute Gasteiger partial charge is 0.0541 e. The van der Waals surface area contributed by atoms with Gasteiger partial charge in [0, 0.05) is 24.2 Å². The predicted octanol–water partition coefficient (Wildman–Crippen LogP) is 1.50. The molecule has 1 saturated carbocycles. The van der Waals surface area contributed by atoms with Crippen LogP contribution in [0.1, 0.15) is 51.4 Å². The van der Waals surface area contributed by atoms with E-state index in [1.165, 1.54) is 38.5 Å². The summed E-state index contributed by atoms with van der Waals surface area (Å²) in [6, 6.07) is 3.08. The summed E-state index contributed by atoms with van der Waals surface area (Å²) in [7, 11) is 2.30. The highest BCUT2D eigenvalue weighted by Crippen LogP contribution is 2.34. The molecule has 2 saturated heterocycles. The average molecular weight is 238 g/mol. The van der Waals surface area contributed by atoms with Gasteiger partial charge in [-0.1, -0.05) is 0 Å². The molecular weight excluding hydrogens is 212 g/mol. The average Bonchev–Trinajstić information content (AvgIpc) is 2.55. The van der Waals surface area contributed by atoms with Crippen LogP contribution >= 0.6 is 0 Å². The lowest BCUT2D eigenvalue weighted by Gasteiger charge is -2.39. The van der Waals surface area contributed by atoms with Gasteiger partial charge in [0.25, 0.3) is 0 Å². The van der Waals surface area contributed by atoms with Gasteiger partial charge in [-0.05, 0) is 58.4 Å². The summed E-state index contributed by atoms with van der Waals surface area (Å²) in [4.78, 5) is 2.60. The number of aliphatic hydroxyl groups is 1. The second kappa shape index (κ2) is 4.87. The Morgan fingerprint density at radius 2 is 1.47 bits per heavy atom. The van der Waals surface area contributed by atoms with Crippen molar-refractivity contribution >= 4 is 0 Å². The predicted molar refractivity (Wildman–Crippen MR) is 69.0 cm³/mol. The van der Waals surface area contributed by atoms with Crippen molar-refractivity contribution in [1.29, 1.82) is 0 Å². The minimum Gasteiger partial charge on any atom is -0.393 e. The van der Waals surface area contributed by atoms with Crippen LogP contribution < -0.4 is 5.32 Å². The number of rotatable bonds is 2. The molecule has 3 aliphatic rings. The lowest BCUT2D eigenvalue weighted by atomic mass is 9.90. The Hall–Kier alpha value is -0.120. The monoisotopic (exact) mass is 238 g/mol. The minimum atomic E-state index is -0.0262. The van der Waals surface area contributed by atoms with Gasteiger partial charge >= 0.3 is 0 Å². The van der Waals surface area contributed by atoms with E-state index in [0.717, 1.165) is 31.0 Å². The van der Waals surface area contributed by atoms with Gasteiger partial charge in [0.2, 0.25) is 0 Å². The van der Waals surface area contributed by atoms with Crippen LogP contribution in [0.4, 0.5) is 0 Å². The fraction of sp³-hybridized carbons (Fsp3) is 1.00. The molecule has 17 heavy (non-hydrogen) atoms. The maximum Gasteiger partial charge on any atom is 0.0541 e. The van der Waals surface area contributed by atoms with Gasteiger partial charge in [0.15, 0.2) is 0 Å². The van der Waals surface area contributed by atoms with E-state index >= 15 is 0 Å². The number of fused-ring (bicyclic) bond motifs is 2. The minimum absolute atomic E-state index is 0.0262. The largest absolute Gasteiger partial charge is 0.393 e.